The van der Waals surface area contributed by atoms with Crippen molar-refractivity contribution in [3.8, 4) is 0 Å². The number of aromatic nitrogens is 2. The van der Waals surface area contributed by atoms with Crippen LogP contribution in [0.3, 0.4) is 0 Å². The van der Waals surface area contributed by atoms with E-state index in [-0.39, 0.29) is 17.9 Å². The molecule has 0 fully saturated rings. The Morgan fingerprint density at radius 3 is 2.20 bits per heavy atom. The van der Waals surface area contributed by atoms with Gasteiger partial charge < -0.3 is 9.55 Å². The van der Waals surface area contributed by atoms with E-state index in [4.69, 9.17) is 0 Å². The van der Waals surface area contributed by atoms with Crippen molar-refractivity contribution in [3.05, 3.63) is 94.8 Å². The normalized spacial score (nSPS) is 11.6. The lowest BCUT2D eigenvalue weighted by Crippen LogP contribution is -2.25. The van der Waals surface area contributed by atoms with Crippen LogP contribution in [-0.4, -0.2) is 21.7 Å². The number of nitrogens with one attached hydrogen (secondary N) is 2. The van der Waals surface area contributed by atoms with Gasteiger partial charge in [0.25, 0.3) is 5.91 Å². The summed E-state index contributed by atoms with van der Waals surface area (Å²) in [6.07, 6.45) is 3.47. The number of amides is 1. The van der Waals surface area contributed by atoms with E-state index in [0.717, 1.165) is 27.5 Å². The first-order valence-electron chi connectivity index (χ1n) is 9.61. The molecule has 5 aromatic rings. The molecule has 6 heteroatoms. The minimum atomic E-state index is -0.273. The molecule has 0 radical (unpaired) electrons. The van der Waals surface area contributed by atoms with Crippen molar-refractivity contribution in [2.24, 2.45) is 5.10 Å². The molecule has 0 aliphatic heterocycles. The maximum Gasteiger partial charge on any atom is 0.260 e. The first-order chi connectivity index (χ1) is 14.7. The number of aromatic amines is 1. The fraction of sp³-hybridized carbons (Fsp3) is 0.0417. The lowest BCUT2D eigenvalue weighted by atomic mass is 10.1. The highest BCUT2D eigenvalue weighted by Crippen LogP contribution is 2.19. The van der Waals surface area contributed by atoms with Crippen LogP contribution >= 0.6 is 0 Å². The first kappa shape index (κ1) is 17.9. The fourth-order valence-corrected chi connectivity index (χ4v) is 3.80. The number of nitrogens with zero attached hydrogens (tertiary/aromatic N) is 2. The number of rotatable bonds is 4. The monoisotopic (exact) mass is 394 g/mol. The van der Waals surface area contributed by atoms with E-state index in [1.807, 2.05) is 71.4 Å². The highest BCUT2D eigenvalue weighted by Gasteiger charge is 2.12. The Morgan fingerprint density at radius 1 is 0.900 bits per heavy atom. The second kappa shape index (κ2) is 7.33. The number of carbonyl (C=O) groups excluding carboxylic acids is 1. The van der Waals surface area contributed by atoms with Gasteiger partial charge in [-0.25, -0.2) is 5.43 Å². The van der Waals surface area contributed by atoms with E-state index in [0.29, 0.717) is 10.8 Å². The fourth-order valence-electron chi connectivity index (χ4n) is 3.80. The second-order valence-corrected chi connectivity index (χ2v) is 7.03. The Labute approximate surface area is 171 Å². The minimum absolute atomic E-state index is 0.0322. The first-order valence-corrected chi connectivity index (χ1v) is 9.61. The molecule has 2 N–H and O–H groups in total. The van der Waals surface area contributed by atoms with Gasteiger partial charge in [0.1, 0.15) is 6.54 Å². The number of hydrazone groups is 1. The molecule has 3 aromatic carbocycles. The molecule has 0 aliphatic carbocycles. The third-order valence-corrected chi connectivity index (χ3v) is 5.19. The van der Waals surface area contributed by atoms with Crippen LogP contribution < -0.4 is 10.9 Å². The van der Waals surface area contributed by atoms with Crippen LogP contribution in [0.1, 0.15) is 5.56 Å². The van der Waals surface area contributed by atoms with Crippen LogP contribution in [0.4, 0.5) is 0 Å². The molecule has 146 valence electrons. The van der Waals surface area contributed by atoms with Gasteiger partial charge in [0.05, 0.1) is 17.2 Å². The Kier molecular flexibility index (Phi) is 4.37. The van der Waals surface area contributed by atoms with Gasteiger partial charge >= 0.3 is 0 Å². The van der Waals surface area contributed by atoms with Gasteiger partial charge in [-0.15, -0.1) is 0 Å². The zero-order valence-electron chi connectivity index (χ0n) is 16.0. The third-order valence-electron chi connectivity index (χ3n) is 5.19. The van der Waals surface area contributed by atoms with Gasteiger partial charge in [0.2, 0.25) is 0 Å². The molecule has 0 unspecified atom stereocenters. The minimum Gasteiger partial charge on any atom is -0.361 e. The van der Waals surface area contributed by atoms with Crippen molar-refractivity contribution in [1.82, 2.24) is 15.0 Å². The summed E-state index contributed by atoms with van der Waals surface area (Å²) in [5, 5.41) is 6.33. The number of pyridine rings is 1. The van der Waals surface area contributed by atoms with E-state index in [2.05, 4.69) is 15.5 Å². The van der Waals surface area contributed by atoms with Crippen LogP contribution in [0.5, 0.6) is 0 Å². The van der Waals surface area contributed by atoms with Crippen LogP contribution in [0.2, 0.25) is 0 Å². The molecule has 2 aromatic heterocycles. The van der Waals surface area contributed by atoms with Crippen molar-refractivity contribution in [2.45, 2.75) is 6.54 Å². The van der Waals surface area contributed by atoms with E-state index in [9.17, 15) is 9.59 Å². The van der Waals surface area contributed by atoms with Gasteiger partial charge in [0.15, 0.2) is 5.43 Å². The average Bonchev–Trinajstić information content (AvgIpc) is 3.20. The number of carbonyl (C=O) groups is 1. The third kappa shape index (κ3) is 3.04. The molecule has 0 bridgehead atoms. The molecule has 0 atom stereocenters. The zero-order valence-corrected chi connectivity index (χ0v) is 16.0. The molecule has 0 spiro atoms. The molecule has 6 nitrogen and oxygen atoms in total. The summed E-state index contributed by atoms with van der Waals surface area (Å²) >= 11 is 0. The number of H-pyrrole nitrogens is 1. The van der Waals surface area contributed by atoms with E-state index in [1.54, 1.807) is 18.3 Å². The van der Waals surface area contributed by atoms with E-state index in [1.165, 1.54) is 0 Å². The standard InChI is InChI=1S/C24H18N4O2/c29-23(27-26-14-16-13-25-20-10-4-1-7-17(16)20)15-28-21-11-5-2-8-18(21)24(30)19-9-3-6-12-22(19)28/h1-14,25H,15H2,(H,27,29)/b26-14+. The smallest absolute Gasteiger partial charge is 0.260 e. The summed E-state index contributed by atoms with van der Waals surface area (Å²) in [5.41, 5.74) is 5.91. The van der Waals surface area contributed by atoms with Crippen LogP contribution in [0, 0.1) is 0 Å². The van der Waals surface area contributed by atoms with Crippen molar-refractivity contribution >= 4 is 44.8 Å². The molecule has 30 heavy (non-hydrogen) atoms. The highest BCUT2D eigenvalue weighted by atomic mass is 16.2. The predicted octanol–water partition coefficient (Wildman–Crippen LogP) is 3.79. The Morgan fingerprint density at radius 2 is 1.50 bits per heavy atom. The van der Waals surface area contributed by atoms with Crippen LogP contribution in [-0.2, 0) is 11.3 Å². The molecule has 2 heterocycles. The van der Waals surface area contributed by atoms with Gasteiger partial charge in [-0.05, 0) is 30.3 Å². The van der Waals surface area contributed by atoms with Gasteiger partial charge in [-0.3, -0.25) is 9.59 Å². The van der Waals surface area contributed by atoms with Gasteiger partial charge in [-0.2, -0.15) is 5.10 Å². The van der Waals surface area contributed by atoms with E-state index >= 15 is 0 Å². The Hall–Kier alpha value is -4.19. The summed E-state index contributed by atoms with van der Waals surface area (Å²) in [6.45, 7) is 0.0481. The summed E-state index contributed by atoms with van der Waals surface area (Å²) in [7, 11) is 0. The number of hydrogen-bond donors (Lipinski definition) is 2. The lowest BCUT2D eigenvalue weighted by molar-refractivity contribution is -0.121. The summed E-state index contributed by atoms with van der Waals surface area (Å²) in [6, 6.07) is 22.5. The molecule has 0 saturated carbocycles. The maximum absolute atomic E-state index is 12.8. The Balaban J connectivity index is 1.46. The molecule has 0 saturated heterocycles. The Bertz CT molecular complexity index is 1430. The molecule has 1 amide bonds. The van der Waals surface area contributed by atoms with E-state index < -0.39 is 0 Å². The largest absolute Gasteiger partial charge is 0.361 e. The average molecular weight is 394 g/mol. The van der Waals surface area contributed by atoms with Crippen molar-refractivity contribution in [2.75, 3.05) is 0 Å². The number of benzene rings is 3. The van der Waals surface area contributed by atoms with Gasteiger partial charge in [0, 0.05) is 33.4 Å². The molecular formula is C24H18N4O2. The van der Waals surface area contributed by atoms with Crippen LogP contribution in [0.25, 0.3) is 32.7 Å². The number of fused-ring (bicyclic) bond motifs is 3. The lowest BCUT2D eigenvalue weighted by Gasteiger charge is -2.14. The predicted molar refractivity (Wildman–Crippen MR) is 120 cm³/mol. The highest BCUT2D eigenvalue weighted by molar-refractivity contribution is 5.99. The van der Waals surface area contributed by atoms with Crippen LogP contribution in [0.15, 0.2) is 88.9 Å². The maximum atomic E-state index is 12.8. The SMILES string of the molecule is O=C(Cn1c2ccccc2c(=O)c2ccccc21)N/N=C/c1c[nH]c2ccccc12. The number of para-hydroxylation sites is 3. The van der Waals surface area contributed by atoms with Crippen molar-refractivity contribution in [3.63, 3.8) is 0 Å². The van der Waals surface area contributed by atoms with Crippen molar-refractivity contribution in [1.29, 1.82) is 0 Å². The second-order valence-electron chi connectivity index (χ2n) is 7.03. The zero-order chi connectivity index (χ0) is 20.5. The molecular weight excluding hydrogens is 376 g/mol. The summed E-state index contributed by atoms with van der Waals surface area (Å²) in [4.78, 5) is 28.6. The molecule has 5 rings (SSSR count). The van der Waals surface area contributed by atoms with Crippen molar-refractivity contribution < 1.29 is 4.79 Å². The quantitative estimate of drug-likeness (QED) is 0.276. The van der Waals surface area contributed by atoms with Gasteiger partial charge in [-0.1, -0.05) is 42.5 Å². The topological polar surface area (TPSA) is 79.2 Å². The molecule has 0 aliphatic rings. The number of hydrogen-bond acceptors (Lipinski definition) is 3. The summed E-state index contributed by atoms with van der Waals surface area (Å²) < 4.78 is 1.85. The summed E-state index contributed by atoms with van der Waals surface area (Å²) in [5.74, 6) is -0.273.